The van der Waals surface area contributed by atoms with Crippen molar-refractivity contribution >= 4 is 5.97 Å². The predicted molar refractivity (Wildman–Crippen MR) is 71.5 cm³/mol. The van der Waals surface area contributed by atoms with E-state index in [1.54, 1.807) is 6.08 Å². The summed E-state index contributed by atoms with van der Waals surface area (Å²) in [7, 11) is 0. The van der Waals surface area contributed by atoms with E-state index < -0.39 is 5.97 Å². The van der Waals surface area contributed by atoms with Crippen molar-refractivity contribution in [2.75, 3.05) is 13.2 Å². The number of carboxylic acid groups (broad SMARTS) is 1. The maximum absolute atomic E-state index is 10.6. The highest BCUT2D eigenvalue weighted by molar-refractivity contribution is 5.80. The summed E-state index contributed by atoms with van der Waals surface area (Å²) in [5.41, 5.74) is 0.738. The van der Waals surface area contributed by atoms with Gasteiger partial charge < -0.3 is 14.6 Å². The molecule has 0 aromatic heterocycles. The SMILES string of the molecule is CC(C)Oc1ccc(C2(/C=C/C(=O)O)COC2)cc1. The van der Waals surface area contributed by atoms with Crippen molar-refractivity contribution < 1.29 is 19.4 Å². The Hall–Kier alpha value is -1.81. The molecule has 0 spiro atoms. The first kappa shape index (κ1) is 13.6. The van der Waals surface area contributed by atoms with E-state index in [4.69, 9.17) is 14.6 Å². The number of ether oxygens (including phenoxy) is 2. The van der Waals surface area contributed by atoms with Crippen LogP contribution >= 0.6 is 0 Å². The average molecular weight is 262 g/mol. The van der Waals surface area contributed by atoms with E-state index >= 15 is 0 Å². The minimum Gasteiger partial charge on any atom is -0.491 e. The van der Waals surface area contributed by atoms with Crippen LogP contribution in [0.1, 0.15) is 19.4 Å². The van der Waals surface area contributed by atoms with Crippen LogP contribution in [-0.4, -0.2) is 30.4 Å². The fourth-order valence-electron chi connectivity index (χ4n) is 2.05. The summed E-state index contributed by atoms with van der Waals surface area (Å²) in [6.07, 6.45) is 3.02. The number of carboxylic acids is 1. The molecule has 1 aliphatic rings. The van der Waals surface area contributed by atoms with Gasteiger partial charge in [0.05, 0.1) is 24.7 Å². The van der Waals surface area contributed by atoms with Crippen molar-refractivity contribution in [3.8, 4) is 5.75 Å². The fourth-order valence-corrected chi connectivity index (χ4v) is 2.05. The lowest BCUT2D eigenvalue weighted by Crippen LogP contribution is -2.45. The molecular formula is C15H18O4. The average Bonchev–Trinajstić information content (AvgIpc) is 2.28. The summed E-state index contributed by atoms with van der Waals surface area (Å²) >= 11 is 0. The molecule has 0 amide bonds. The van der Waals surface area contributed by atoms with E-state index in [9.17, 15) is 4.79 Å². The first-order valence-corrected chi connectivity index (χ1v) is 6.29. The lowest BCUT2D eigenvalue weighted by Gasteiger charge is -2.39. The van der Waals surface area contributed by atoms with Crippen molar-refractivity contribution in [2.24, 2.45) is 0 Å². The Morgan fingerprint density at radius 3 is 2.42 bits per heavy atom. The van der Waals surface area contributed by atoms with Crippen LogP contribution in [0.15, 0.2) is 36.4 Å². The summed E-state index contributed by atoms with van der Waals surface area (Å²) in [6.45, 7) is 4.98. The molecule has 1 aromatic carbocycles. The Bertz CT molecular complexity index is 469. The van der Waals surface area contributed by atoms with Gasteiger partial charge in [-0.25, -0.2) is 4.79 Å². The van der Waals surface area contributed by atoms with Crippen molar-refractivity contribution in [1.29, 1.82) is 0 Å². The third kappa shape index (κ3) is 3.15. The molecule has 2 rings (SSSR count). The summed E-state index contributed by atoms with van der Waals surface area (Å²) < 4.78 is 10.8. The summed E-state index contributed by atoms with van der Waals surface area (Å²) in [5, 5.41) is 8.74. The van der Waals surface area contributed by atoms with Gasteiger partial charge in [0, 0.05) is 6.08 Å². The highest BCUT2D eigenvalue weighted by Gasteiger charge is 2.38. The molecule has 1 fully saturated rings. The zero-order valence-corrected chi connectivity index (χ0v) is 11.1. The van der Waals surface area contributed by atoms with E-state index in [0.29, 0.717) is 13.2 Å². The molecule has 102 valence electrons. The molecule has 0 saturated carbocycles. The van der Waals surface area contributed by atoms with Crippen LogP contribution in [0, 0.1) is 0 Å². The molecule has 4 nitrogen and oxygen atoms in total. The molecule has 1 aromatic rings. The zero-order chi connectivity index (χ0) is 13.9. The summed E-state index contributed by atoms with van der Waals surface area (Å²) in [4.78, 5) is 10.6. The van der Waals surface area contributed by atoms with Gasteiger partial charge in [-0.2, -0.15) is 0 Å². The van der Waals surface area contributed by atoms with Crippen LogP contribution < -0.4 is 4.74 Å². The number of hydrogen-bond acceptors (Lipinski definition) is 3. The van der Waals surface area contributed by atoms with Gasteiger partial charge in [0.25, 0.3) is 0 Å². The molecule has 0 aliphatic carbocycles. The molecule has 1 aliphatic heterocycles. The van der Waals surface area contributed by atoms with E-state index in [2.05, 4.69) is 0 Å². The van der Waals surface area contributed by atoms with Gasteiger partial charge in [0.2, 0.25) is 0 Å². The van der Waals surface area contributed by atoms with Crippen LogP contribution in [0.3, 0.4) is 0 Å². The van der Waals surface area contributed by atoms with Crippen LogP contribution in [0.2, 0.25) is 0 Å². The highest BCUT2D eigenvalue weighted by atomic mass is 16.5. The highest BCUT2D eigenvalue weighted by Crippen LogP contribution is 2.34. The summed E-state index contributed by atoms with van der Waals surface area (Å²) in [5.74, 6) is -0.123. The van der Waals surface area contributed by atoms with Gasteiger partial charge >= 0.3 is 5.97 Å². The second kappa shape index (κ2) is 5.45. The minimum absolute atomic E-state index is 0.138. The van der Waals surface area contributed by atoms with Crippen LogP contribution in [0.25, 0.3) is 0 Å². The van der Waals surface area contributed by atoms with Crippen molar-refractivity contribution in [3.63, 3.8) is 0 Å². The van der Waals surface area contributed by atoms with Gasteiger partial charge in [-0.1, -0.05) is 18.2 Å². The Kier molecular flexibility index (Phi) is 3.90. The molecule has 0 atom stereocenters. The van der Waals surface area contributed by atoms with E-state index in [1.807, 2.05) is 38.1 Å². The molecule has 19 heavy (non-hydrogen) atoms. The smallest absolute Gasteiger partial charge is 0.328 e. The third-order valence-electron chi connectivity index (χ3n) is 3.07. The number of aliphatic carboxylic acids is 1. The lowest BCUT2D eigenvalue weighted by molar-refractivity contribution is -0.131. The maximum Gasteiger partial charge on any atom is 0.328 e. The van der Waals surface area contributed by atoms with E-state index in [1.165, 1.54) is 6.08 Å². The topological polar surface area (TPSA) is 55.8 Å². The molecule has 1 saturated heterocycles. The number of hydrogen-bond donors (Lipinski definition) is 1. The van der Waals surface area contributed by atoms with Crippen molar-refractivity contribution in [3.05, 3.63) is 42.0 Å². The van der Waals surface area contributed by atoms with Crippen molar-refractivity contribution in [2.45, 2.75) is 25.4 Å². The Labute approximate surface area is 112 Å². The van der Waals surface area contributed by atoms with Gasteiger partial charge in [-0.3, -0.25) is 0 Å². The Balaban J connectivity index is 2.17. The van der Waals surface area contributed by atoms with Crippen molar-refractivity contribution in [1.82, 2.24) is 0 Å². The zero-order valence-electron chi connectivity index (χ0n) is 11.1. The molecule has 0 radical (unpaired) electrons. The van der Waals surface area contributed by atoms with Crippen LogP contribution in [0.4, 0.5) is 0 Å². The van der Waals surface area contributed by atoms with E-state index in [0.717, 1.165) is 11.3 Å². The molecule has 4 heteroatoms. The molecule has 0 unspecified atom stereocenters. The van der Waals surface area contributed by atoms with Gasteiger partial charge in [0.15, 0.2) is 0 Å². The second-order valence-electron chi connectivity index (χ2n) is 5.01. The normalized spacial score (nSPS) is 17.4. The van der Waals surface area contributed by atoms with Gasteiger partial charge in [-0.05, 0) is 31.5 Å². The third-order valence-corrected chi connectivity index (χ3v) is 3.07. The molecule has 1 N–H and O–H groups in total. The van der Waals surface area contributed by atoms with Gasteiger partial charge in [-0.15, -0.1) is 0 Å². The maximum atomic E-state index is 10.6. The monoisotopic (exact) mass is 262 g/mol. The first-order chi connectivity index (χ1) is 9.02. The Morgan fingerprint density at radius 2 is 2.00 bits per heavy atom. The van der Waals surface area contributed by atoms with Crippen LogP contribution in [0.5, 0.6) is 5.75 Å². The largest absolute Gasteiger partial charge is 0.491 e. The molecule has 1 heterocycles. The number of benzene rings is 1. The first-order valence-electron chi connectivity index (χ1n) is 6.29. The quantitative estimate of drug-likeness (QED) is 0.828. The number of rotatable bonds is 5. The molecule has 0 bridgehead atoms. The fraction of sp³-hybridized carbons (Fsp3) is 0.400. The summed E-state index contributed by atoms with van der Waals surface area (Å²) in [6, 6.07) is 7.74. The molecular weight excluding hydrogens is 244 g/mol. The van der Waals surface area contributed by atoms with Crippen LogP contribution in [-0.2, 0) is 14.9 Å². The van der Waals surface area contributed by atoms with E-state index in [-0.39, 0.29) is 11.5 Å². The minimum atomic E-state index is -0.939. The lowest BCUT2D eigenvalue weighted by atomic mass is 9.78. The van der Waals surface area contributed by atoms with Gasteiger partial charge in [0.1, 0.15) is 5.75 Å². The second-order valence-corrected chi connectivity index (χ2v) is 5.01. The Morgan fingerprint density at radius 1 is 1.37 bits per heavy atom. The standard InChI is InChI=1S/C15H18O4/c1-11(2)19-13-5-3-12(4-6-13)15(9-18-10-15)8-7-14(16)17/h3-8,11H,9-10H2,1-2H3,(H,16,17)/b8-7+. The predicted octanol–water partition coefficient (Wildman–Crippen LogP) is 2.38. The number of carbonyl (C=O) groups is 1.